The molecule has 2 rings (SSSR count). The van der Waals surface area contributed by atoms with Crippen LogP contribution in [0.2, 0.25) is 0 Å². The van der Waals surface area contributed by atoms with Crippen LogP contribution in [0, 0.1) is 22.9 Å². The number of nitro groups is 1. The van der Waals surface area contributed by atoms with Gasteiger partial charge in [-0.1, -0.05) is 0 Å². The molecule has 1 N–H and O–H groups in total. The number of benzene rings is 1. The maximum Gasteiger partial charge on any atom is 0.270 e. The summed E-state index contributed by atoms with van der Waals surface area (Å²) in [4.78, 5) is 25.8. The van der Waals surface area contributed by atoms with Crippen molar-refractivity contribution >= 4 is 11.6 Å². The van der Waals surface area contributed by atoms with Crippen LogP contribution in [0.25, 0.3) is 0 Å². The Labute approximate surface area is 119 Å². The standard InChI is InChI=1S/C14H12FN3O3/c1-9-7-16-5-4-10(9)8-17-14(19)12-6-11(18(20)21)2-3-13(12)15/h2-7H,8H2,1H3,(H,17,19). The summed E-state index contributed by atoms with van der Waals surface area (Å²) in [6.45, 7) is 2.03. The summed E-state index contributed by atoms with van der Waals surface area (Å²) in [7, 11) is 0. The number of non-ortho nitro benzene ring substituents is 1. The van der Waals surface area contributed by atoms with Crippen molar-refractivity contribution in [3.8, 4) is 0 Å². The van der Waals surface area contributed by atoms with E-state index in [0.29, 0.717) is 0 Å². The molecule has 1 heterocycles. The maximum absolute atomic E-state index is 13.6. The van der Waals surface area contributed by atoms with Crippen LogP contribution in [-0.2, 0) is 6.54 Å². The molecule has 0 radical (unpaired) electrons. The molecule has 108 valence electrons. The number of halogens is 1. The number of pyridine rings is 1. The predicted octanol–water partition coefficient (Wildman–Crippen LogP) is 2.37. The number of hydrogen-bond acceptors (Lipinski definition) is 4. The number of hydrogen-bond donors (Lipinski definition) is 1. The third-order valence-corrected chi connectivity index (χ3v) is 2.98. The summed E-state index contributed by atoms with van der Waals surface area (Å²) < 4.78 is 13.6. The second-order valence-electron chi connectivity index (χ2n) is 4.41. The minimum absolute atomic E-state index is 0.190. The van der Waals surface area contributed by atoms with Gasteiger partial charge in [-0.3, -0.25) is 19.9 Å². The molecule has 0 unspecified atom stereocenters. The van der Waals surface area contributed by atoms with Gasteiger partial charge in [-0.25, -0.2) is 4.39 Å². The number of carbonyl (C=O) groups is 1. The molecule has 1 amide bonds. The summed E-state index contributed by atoms with van der Waals surface area (Å²) >= 11 is 0. The first-order chi connectivity index (χ1) is 9.99. The monoisotopic (exact) mass is 289 g/mol. The number of rotatable bonds is 4. The van der Waals surface area contributed by atoms with E-state index in [9.17, 15) is 19.3 Å². The van der Waals surface area contributed by atoms with Crippen LogP contribution in [0.5, 0.6) is 0 Å². The number of nitro benzene ring substituents is 1. The van der Waals surface area contributed by atoms with E-state index < -0.39 is 16.6 Å². The van der Waals surface area contributed by atoms with Gasteiger partial charge in [0.15, 0.2) is 0 Å². The molecule has 1 aromatic heterocycles. The largest absolute Gasteiger partial charge is 0.348 e. The SMILES string of the molecule is Cc1cnccc1CNC(=O)c1cc([N+](=O)[O-])ccc1F. The fourth-order valence-electron chi connectivity index (χ4n) is 1.77. The van der Waals surface area contributed by atoms with Crippen molar-refractivity contribution in [2.24, 2.45) is 0 Å². The Hall–Kier alpha value is -2.83. The number of nitrogens with zero attached hydrogens (tertiary/aromatic N) is 2. The molecule has 0 aliphatic rings. The summed E-state index contributed by atoms with van der Waals surface area (Å²) in [5.74, 6) is -1.50. The molecule has 6 nitrogen and oxygen atoms in total. The topological polar surface area (TPSA) is 85.1 Å². The Bertz CT molecular complexity index is 704. The minimum atomic E-state index is -0.801. The van der Waals surface area contributed by atoms with Crippen molar-refractivity contribution < 1.29 is 14.1 Å². The molecule has 2 aromatic rings. The Kier molecular flexibility index (Phi) is 4.22. The van der Waals surface area contributed by atoms with Crippen LogP contribution in [0.4, 0.5) is 10.1 Å². The van der Waals surface area contributed by atoms with E-state index in [4.69, 9.17) is 0 Å². The molecule has 0 atom stereocenters. The number of carbonyl (C=O) groups excluding carboxylic acids is 1. The lowest BCUT2D eigenvalue weighted by Crippen LogP contribution is -2.24. The van der Waals surface area contributed by atoms with Crippen molar-refractivity contribution in [2.75, 3.05) is 0 Å². The first-order valence-corrected chi connectivity index (χ1v) is 6.10. The highest BCUT2D eigenvalue weighted by molar-refractivity contribution is 5.95. The van der Waals surface area contributed by atoms with Gasteiger partial charge in [0, 0.05) is 31.1 Å². The molecular formula is C14H12FN3O3. The molecule has 0 aliphatic heterocycles. The van der Waals surface area contributed by atoms with E-state index in [1.54, 1.807) is 18.5 Å². The van der Waals surface area contributed by atoms with Crippen molar-refractivity contribution in [3.63, 3.8) is 0 Å². The van der Waals surface area contributed by atoms with Gasteiger partial charge in [0.2, 0.25) is 0 Å². The van der Waals surface area contributed by atoms with Crippen LogP contribution < -0.4 is 5.32 Å². The van der Waals surface area contributed by atoms with E-state index >= 15 is 0 Å². The second kappa shape index (κ2) is 6.08. The van der Waals surface area contributed by atoms with Crippen molar-refractivity contribution in [1.82, 2.24) is 10.3 Å². The number of aromatic nitrogens is 1. The lowest BCUT2D eigenvalue weighted by atomic mass is 10.1. The fraction of sp³-hybridized carbons (Fsp3) is 0.143. The van der Waals surface area contributed by atoms with Crippen LogP contribution in [0.1, 0.15) is 21.5 Å². The number of aryl methyl sites for hydroxylation is 1. The second-order valence-corrected chi connectivity index (χ2v) is 4.41. The van der Waals surface area contributed by atoms with Crippen LogP contribution in [0.15, 0.2) is 36.7 Å². The van der Waals surface area contributed by atoms with Gasteiger partial charge in [-0.2, -0.15) is 0 Å². The zero-order chi connectivity index (χ0) is 15.4. The molecule has 0 aliphatic carbocycles. The van der Waals surface area contributed by atoms with Crippen molar-refractivity contribution in [3.05, 3.63) is 69.3 Å². The maximum atomic E-state index is 13.6. The molecule has 7 heteroatoms. The minimum Gasteiger partial charge on any atom is -0.348 e. The molecule has 21 heavy (non-hydrogen) atoms. The Morgan fingerprint density at radius 1 is 1.43 bits per heavy atom. The summed E-state index contributed by atoms with van der Waals surface area (Å²) in [6, 6.07) is 4.58. The predicted molar refractivity (Wildman–Crippen MR) is 73.2 cm³/mol. The van der Waals surface area contributed by atoms with Crippen LogP contribution >= 0.6 is 0 Å². The van der Waals surface area contributed by atoms with E-state index in [0.717, 1.165) is 29.3 Å². The van der Waals surface area contributed by atoms with Crippen molar-refractivity contribution in [2.45, 2.75) is 13.5 Å². The average Bonchev–Trinajstić information content (AvgIpc) is 2.46. The molecule has 1 aromatic carbocycles. The van der Waals surface area contributed by atoms with Crippen LogP contribution in [-0.4, -0.2) is 15.8 Å². The Morgan fingerprint density at radius 2 is 2.19 bits per heavy atom. The Balaban J connectivity index is 2.15. The van der Waals surface area contributed by atoms with E-state index in [-0.39, 0.29) is 17.8 Å². The van der Waals surface area contributed by atoms with E-state index in [1.807, 2.05) is 6.92 Å². The summed E-state index contributed by atoms with van der Waals surface area (Å²) in [6.07, 6.45) is 3.23. The van der Waals surface area contributed by atoms with Gasteiger partial charge in [-0.05, 0) is 30.2 Å². The van der Waals surface area contributed by atoms with Crippen molar-refractivity contribution in [1.29, 1.82) is 0 Å². The van der Waals surface area contributed by atoms with Gasteiger partial charge in [0.1, 0.15) is 5.82 Å². The number of nitrogens with one attached hydrogen (secondary N) is 1. The molecule has 0 spiro atoms. The summed E-state index contributed by atoms with van der Waals surface area (Å²) in [5.41, 5.74) is 1.04. The highest BCUT2D eigenvalue weighted by Gasteiger charge is 2.16. The van der Waals surface area contributed by atoms with Gasteiger partial charge in [0.25, 0.3) is 11.6 Å². The van der Waals surface area contributed by atoms with E-state index in [2.05, 4.69) is 10.3 Å². The molecule has 0 saturated heterocycles. The third kappa shape index (κ3) is 3.38. The first kappa shape index (κ1) is 14.6. The number of amides is 1. The van der Waals surface area contributed by atoms with Gasteiger partial charge >= 0.3 is 0 Å². The van der Waals surface area contributed by atoms with Gasteiger partial charge in [0.05, 0.1) is 10.5 Å². The van der Waals surface area contributed by atoms with Crippen LogP contribution in [0.3, 0.4) is 0 Å². The first-order valence-electron chi connectivity index (χ1n) is 6.10. The zero-order valence-electron chi connectivity index (χ0n) is 11.2. The highest BCUT2D eigenvalue weighted by atomic mass is 19.1. The lowest BCUT2D eigenvalue weighted by molar-refractivity contribution is -0.384. The van der Waals surface area contributed by atoms with E-state index in [1.165, 1.54) is 0 Å². The molecular weight excluding hydrogens is 277 g/mol. The highest BCUT2D eigenvalue weighted by Crippen LogP contribution is 2.17. The molecule has 0 saturated carbocycles. The quantitative estimate of drug-likeness (QED) is 0.691. The lowest BCUT2D eigenvalue weighted by Gasteiger charge is -2.08. The average molecular weight is 289 g/mol. The zero-order valence-corrected chi connectivity index (χ0v) is 11.2. The Morgan fingerprint density at radius 3 is 2.86 bits per heavy atom. The summed E-state index contributed by atoms with van der Waals surface area (Å²) in [5, 5.41) is 13.2. The molecule has 0 bridgehead atoms. The third-order valence-electron chi connectivity index (χ3n) is 2.98. The normalized spacial score (nSPS) is 10.2. The fourth-order valence-corrected chi connectivity index (χ4v) is 1.77. The smallest absolute Gasteiger partial charge is 0.270 e. The van der Waals surface area contributed by atoms with Gasteiger partial charge in [-0.15, -0.1) is 0 Å². The van der Waals surface area contributed by atoms with Gasteiger partial charge < -0.3 is 5.32 Å². The molecule has 0 fully saturated rings.